The number of nitrogens with zero attached hydrogens (tertiary/aromatic N) is 4. The van der Waals surface area contributed by atoms with E-state index in [0.29, 0.717) is 12.1 Å². The maximum atomic E-state index is 10.1. The van der Waals surface area contributed by atoms with Gasteiger partial charge in [0.2, 0.25) is 11.9 Å². The average molecular weight is 208 g/mol. The van der Waals surface area contributed by atoms with Crippen molar-refractivity contribution in [3.05, 3.63) is 5.69 Å². The van der Waals surface area contributed by atoms with Gasteiger partial charge in [-0.3, -0.25) is 0 Å². The van der Waals surface area contributed by atoms with Crippen molar-refractivity contribution in [3.8, 4) is 0 Å². The Morgan fingerprint density at radius 2 is 2.20 bits per heavy atom. The minimum absolute atomic E-state index is 0.254. The van der Waals surface area contributed by atoms with Crippen LogP contribution in [-0.4, -0.2) is 40.9 Å². The molecule has 0 bridgehead atoms. The normalized spacial score (nSPS) is 16.5. The van der Waals surface area contributed by atoms with Crippen LogP contribution in [0.1, 0.15) is 18.5 Å². The summed E-state index contributed by atoms with van der Waals surface area (Å²) in [6.07, 6.45) is 4.67. The van der Waals surface area contributed by atoms with Gasteiger partial charge >= 0.3 is 0 Å². The van der Waals surface area contributed by atoms with Crippen LogP contribution in [0.2, 0.25) is 0 Å². The van der Waals surface area contributed by atoms with Gasteiger partial charge in [0.1, 0.15) is 5.69 Å². The van der Waals surface area contributed by atoms with Crippen LogP contribution in [0.25, 0.3) is 0 Å². The molecule has 6 nitrogen and oxygen atoms in total. The van der Waals surface area contributed by atoms with E-state index in [4.69, 9.17) is 0 Å². The number of aromatic nitrogens is 2. The van der Waals surface area contributed by atoms with Crippen molar-refractivity contribution in [2.75, 3.05) is 19.6 Å². The van der Waals surface area contributed by atoms with Gasteiger partial charge < -0.3 is 4.90 Å². The van der Waals surface area contributed by atoms with Crippen LogP contribution in [0.15, 0.2) is 9.62 Å². The molecule has 15 heavy (non-hydrogen) atoms. The molecule has 0 N–H and O–H groups in total. The first-order valence-electron chi connectivity index (χ1n) is 5.02. The van der Waals surface area contributed by atoms with Crippen molar-refractivity contribution < 1.29 is 9.42 Å². The Morgan fingerprint density at radius 1 is 1.40 bits per heavy atom. The Bertz CT molecular complexity index is 364. The van der Waals surface area contributed by atoms with E-state index in [0.717, 1.165) is 19.6 Å². The highest BCUT2D eigenvalue weighted by Crippen LogP contribution is 2.15. The Hall–Kier alpha value is -1.52. The quantitative estimate of drug-likeness (QED) is 0.537. The van der Waals surface area contributed by atoms with E-state index in [-0.39, 0.29) is 5.82 Å². The average Bonchev–Trinajstić information content (AvgIpc) is 2.85. The summed E-state index contributed by atoms with van der Waals surface area (Å²) < 4.78 is 4.52. The van der Waals surface area contributed by atoms with Crippen LogP contribution >= 0.6 is 0 Å². The second-order valence-electron chi connectivity index (χ2n) is 3.54. The number of aliphatic imine (C=N–C) groups is 1. The van der Waals surface area contributed by atoms with E-state index >= 15 is 0 Å². The third-order valence-corrected chi connectivity index (χ3v) is 2.55. The molecule has 0 aromatic carbocycles. The highest BCUT2D eigenvalue weighted by atomic mass is 16.6. The maximum absolute atomic E-state index is 10.1. The molecule has 0 aliphatic carbocycles. The van der Waals surface area contributed by atoms with E-state index in [2.05, 4.69) is 24.8 Å². The number of isocyanates is 1. The molecule has 80 valence electrons. The lowest BCUT2D eigenvalue weighted by Crippen LogP contribution is -2.22. The lowest BCUT2D eigenvalue weighted by atomic mass is 10.3. The summed E-state index contributed by atoms with van der Waals surface area (Å²) in [6.45, 7) is 3.19. The minimum atomic E-state index is 0.254. The Labute approximate surface area is 86.9 Å². The molecule has 2 heterocycles. The van der Waals surface area contributed by atoms with Gasteiger partial charge in [-0.15, -0.1) is 4.99 Å². The van der Waals surface area contributed by atoms with Crippen molar-refractivity contribution in [1.29, 1.82) is 0 Å². The molecule has 0 radical (unpaired) electrons. The van der Waals surface area contributed by atoms with Gasteiger partial charge in [0, 0.05) is 13.0 Å². The molecular weight excluding hydrogens is 196 g/mol. The van der Waals surface area contributed by atoms with Crippen molar-refractivity contribution in [3.63, 3.8) is 0 Å². The van der Waals surface area contributed by atoms with Crippen LogP contribution in [0.5, 0.6) is 0 Å². The summed E-state index contributed by atoms with van der Waals surface area (Å²) in [4.78, 5) is 15.8. The molecule has 0 saturated carbocycles. The van der Waals surface area contributed by atoms with Gasteiger partial charge in [0.25, 0.3) is 0 Å². The number of hydrogen-bond donors (Lipinski definition) is 0. The zero-order chi connectivity index (χ0) is 10.5. The third kappa shape index (κ3) is 2.49. The van der Waals surface area contributed by atoms with Gasteiger partial charge in [0.05, 0.1) is 0 Å². The molecule has 1 aromatic heterocycles. The number of hydrogen-bond acceptors (Lipinski definition) is 6. The van der Waals surface area contributed by atoms with Gasteiger partial charge in [-0.05, 0) is 31.1 Å². The molecule has 2 rings (SSSR count). The molecule has 1 aliphatic rings. The zero-order valence-electron chi connectivity index (χ0n) is 8.35. The lowest BCUT2D eigenvalue weighted by Gasteiger charge is -2.12. The second kappa shape index (κ2) is 4.82. The first kappa shape index (κ1) is 10.0. The summed E-state index contributed by atoms with van der Waals surface area (Å²) in [7, 11) is 0. The second-order valence-corrected chi connectivity index (χ2v) is 3.54. The monoisotopic (exact) mass is 208 g/mol. The summed E-state index contributed by atoms with van der Waals surface area (Å²) in [5, 5.41) is 7.23. The topological polar surface area (TPSA) is 71.6 Å². The standard InChI is InChI=1S/C9H12N4O2/c14-7-10-9-8(11-15-12-9)3-6-13-4-1-2-5-13/h1-6H2. The van der Waals surface area contributed by atoms with Crippen molar-refractivity contribution in [2.45, 2.75) is 19.3 Å². The van der Waals surface area contributed by atoms with E-state index in [1.165, 1.54) is 18.9 Å². The van der Waals surface area contributed by atoms with Crippen molar-refractivity contribution >= 4 is 11.9 Å². The highest BCUT2D eigenvalue weighted by molar-refractivity contribution is 5.45. The zero-order valence-corrected chi connectivity index (χ0v) is 8.35. The smallest absolute Gasteiger partial charge is 0.242 e. The molecule has 1 aromatic rings. The van der Waals surface area contributed by atoms with E-state index in [1.54, 1.807) is 0 Å². The highest BCUT2D eigenvalue weighted by Gasteiger charge is 2.14. The Balaban J connectivity index is 1.91. The molecule has 0 spiro atoms. The van der Waals surface area contributed by atoms with Crippen LogP contribution < -0.4 is 0 Å². The van der Waals surface area contributed by atoms with Gasteiger partial charge in [-0.1, -0.05) is 5.16 Å². The summed E-state index contributed by atoms with van der Waals surface area (Å²) in [5.74, 6) is 0.254. The molecule has 0 atom stereocenters. The number of rotatable bonds is 4. The van der Waals surface area contributed by atoms with Crippen molar-refractivity contribution in [1.82, 2.24) is 15.2 Å². The molecule has 0 unspecified atom stereocenters. The van der Waals surface area contributed by atoms with E-state index in [9.17, 15) is 4.79 Å². The predicted molar refractivity (Wildman–Crippen MR) is 51.5 cm³/mol. The van der Waals surface area contributed by atoms with Crippen LogP contribution in [0.3, 0.4) is 0 Å². The number of likely N-dealkylation sites (tertiary alicyclic amines) is 1. The summed E-state index contributed by atoms with van der Waals surface area (Å²) in [5.41, 5.74) is 0.630. The van der Waals surface area contributed by atoms with Gasteiger partial charge in [-0.25, -0.2) is 9.42 Å². The molecule has 1 aliphatic heterocycles. The fourth-order valence-electron chi connectivity index (χ4n) is 1.76. The van der Waals surface area contributed by atoms with Gasteiger partial charge in [-0.2, -0.15) is 0 Å². The Kier molecular flexibility index (Phi) is 3.22. The van der Waals surface area contributed by atoms with Crippen molar-refractivity contribution in [2.24, 2.45) is 4.99 Å². The van der Waals surface area contributed by atoms with Crippen LogP contribution in [-0.2, 0) is 11.2 Å². The molecule has 1 fully saturated rings. The number of carbonyl (C=O) groups excluding carboxylic acids is 1. The summed E-state index contributed by atoms with van der Waals surface area (Å²) in [6, 6.07) is 0. The summed E-state index contributed by atoms with van der Waals surface area (Å²) >= 11 is 0. The minimum Gasteiger partial charge on any atom is -0.303 e. The largest absolute Gasteiger partial charge is 0.303 e. The maximum Gasteiger partial charge on any atom is 0.242 e. The third-order valence-electron chi connectivity index (χ3n) is 2.55. The first-order valence-corrected chi connectivity index (χ1v) is 5.02. The fourth-order valence-corrected chi connectivity index (χ4v) is 1.76. The SMILES string of the molecule is O=C=Nc1nonc1CCN1CCCC1. The van der Waals surface area contributed by atoms with E-state index in [1.807, 2.05) is 0 Å². The molecule has 6 heteroatoms. The predicted octanol–water partition coefficient (Wildman–Crippen LogP) is 0.675. The van der Waals surface area contributed by atoms with Gasteiger partial charge in [0.15, 0.2) is 0 Å². The van der Waals surface area contributed by atoms with Crippen LogP contribution in [0.4, 0.5) is 5.82 Å². The first-order chi connectivity index (χ1) is 7.40. The van der Waals surface area contributed by atoms with E-state index < -0.39 is 0 Å². The molecular formula is C9H12N4O2. The fraction of sp³-hybridized carbons (Fsp3) is 0.667. The lowest BCUT2D eigenvalue weighted by molar-refractivity contribution is 0.298. The van der Waals surface area contributed by atoms with Crippen LogP contribution in [0, 0.1) is 0 Å². The molecule has 1 saturated heterocycles. The molecule has 0 amide bonds. The Morgan fingerprint density at radius 3 is 2.93 bits per heavy atom.